The molecule has 1 radical (unpaired) electrons. The zero-order valence-corrected chi connectivity index (χ0v) is 6.06. The molecule has 0 saturated heterocycles. The van der Waals surface area contributed by atoms with Crippen LogP contribution in [0.2, 0.25) is 0 Å². The van der Waals surface area contributed by atoms with Gasteiger partial charge in [0, 0.05) is 35.6 Å². The second-order valence-electron chi connectivity index (χ2n) is 0.236. The van der Waals surface area contributed by atoms with Gasteiger partial charge < -0.3 is 5.73 Å². The third-order valence-electron chi connectivity index (χ3n) is 0. The van der Waals surface area contributed by atoms with Gasteiger partial charge in [-0.2, -0.15) is 0 Å². The van der Waals surface area contributed by atoms with Crippen LogP contribution >= 0.6 is 0 Å². The van der Waals surface area contributed by atoms with Gasteiger partial charge in [0.1, 0.15) is 0 Å². The van der Waals surface area contributed by atoms with E-state index in [9.17, 15) is 0 Å². The SMILES string of the molecule is C=CN.[La]. The van der Waals surface area contributed by atoms with Gasteiger partial charge in [-0.1, -0.05) is 6.58 Å². The first kappa shape index (κ1) is 8.83. The molecule has 2 heteroatoms. The van der Waals surface area contributed by atoms with E-state index in [4.69, 9.17) is 0 Å². The Labute approximate surface area is 53.9 Å². The molecule has 0 aromatic heterocycles. The Bertz CT molecular complexity index is 13.5. The molecule has 2 N–H and O–H groups in total. The van der Waals surface area contributed by atoms with Crippen LogP contribution < -0.4 is 5.73 Å². The molecule has 0 aromatic carbocycles. The average Bonchev–Trinajstić information content (AvgIpc) is 0.918. The zero-order valence-electron chi connectivity index (χ0n) is 2.44. The quantitative estimate of drug-likeness (QED) is 0.564. The maximum absolute atomic E-state index is 4.61. The second-order valence-corrected chi connectivity index (χ2v) is 0.236. The molecule has 0 amide bonds. The van der Waals surface area contributed by atoms with Crippen molar-refractivity contribution in [1.29, 1.82) is 0 Å². The molecule has 0 atom stereocenters. The van der Waals surface area contributed by atoms with Crippen molar-refractivity contribution in [2.45, 2.75) is 0 Å². The minimum absolute atomic E-state index is 0. The van der Waals surface area contributed by atoms with Crippen molar-refractivity contribution < 1.29 is 35.6 Å². The summed E-state index contributed by atoms with van der Waals surface area (Å²) in [6.07, 6.45) is 1.25. The molecule has 0 rings (SSSR count). The van der Waals surface area contributed by atoms with Crippen LogP contribution in [0.5, 0.6) is 0 Å². The fraction of sp³-hybridized carbons (Fsp3) is 0. The van der Waals surface area contributed by atoms with Gasteiger partial charge in [0.15, 0.2) is 0 Å². The minimum Gasteiger partial charge on any atom is -0.405 e. The van der Waals surface area contributed by atoms with E-state index in [0.29, 0.717) is 0 Å². The van der Waals surface area contributed by atoms with Gasteiger partial charge in [0.2, 0.25) is 0 Å². The van der Waals surface area contributed by atoms with Gasteiger partial charge in [0.25, 0.3) is 0 Å². The molecule has 0 aliphatic heterocycles. The van der Waals surface area contributed by atoms with Gasteiger partial charge in [-0.15, -0.1) is 0 Å². The van der Waals surface area contributed by atoms with E-state index in [1.54, 1.807) is 0 Å². The predicted molar refractivity (Wildman–Crippen MR) is 14.4 cm³/mol. The fourth-order valence-electron chi connectivity index (χ4n) is 0. The third kappa shape index (κ3) is 15.2. The summed E-state index contributed by atoms with van der Waals surface area (Å²) in [5, 5.41) is 0. The number of hydrogen-bond donors (Lipinski definition) is 1. The first-order valence-electron chi connectivity index (χ1n) is 0.742. The Morgan fingerprint density at radius 3 is 1.75 bits per heavy atom. The molecule has 1 nitrogen and oxygen atoms in total. The maximum Gasteiger partial charge on any atom is 0 e. The largest absolute Gasteiger partial charge is 0.405 e. The van der Waals surface area contributed by atoms with Crippen LogP contribution in [0, 0.1) is 35.6 Å². The van der Waals surface area contributed by atoms with E-state index in [1.807, 2.05) is 0 Å². The van der Waals surface area contributed by atoms with Crippen LogP contribution in [0.1, 0.15) is 0 Å². The molecular formula is C2H5LaN. The van der Waals surface area contributed by atoms with Gasteiger partial charge in [0.05, 0.1) is 0 Å². The van der Waals surface area contributed by atoms with Crippen LogP contribution in [-0.4, -0.2) is 0 Å². The minimum atomic E-state index is 0. The fourth-order valence-corrected chi connectivity index (χ4v) is 0. The molecule has 4 heavy (non-hydrogen) atoms. The summed E-state index contributed by atoms with van der Waals surface area (Å²) in [7, 11) is 0. The summed E-state index contributed by atoms with van der Waals surface area (Å²) in [4.78, 5) is 0. The van der Waals surface area contributed by atoms with Crippen LogP contribution in [-0.2, 0) is 0 Å². The summed E-state index contributed by atoms with van der Waals surface area (Å²) in [6.45, 7) is 3.14. The number of rotatable bonds is 0. The van der Waals surface area contributed by atoms with E-state index < -0.39 is 0 Å². The first-order valence-corrected chi connectivity index (χ1v) is 0.742. The average molecular weight is 182 g/mol. The monoisotopic (exact) mass is 182 g/mol. The Kier molecular flexibility index (Phi) is 20.5. The van der Waals surface area contributed by atoms with E-state index in [2.05, 4.69) is 12.3 Å². The molecule has 21 valence electrons. The zero-order chi connectivity index (χ0) is 2.71. The molecule has 0 aliphatic rings. The molecule has 0 aromatic rings. The van der Waals surface area contributed by atoms with Gasteiger partial charge in [-0.05, 0) is 6.20 Å². The Morgan fingerprint density at radius 2 is 1.75 bits per heavy atom. The van der Waals surface area contributed by atoms with Crippen LogP contribution in [0.3, 0.4) is 0 Å². The van der Waals surface area contributed by atoms with Crippen molar-refractivity contribution in [1.82, 2.24) is 0 Å². The molecule has 0 unspecified atom stereocenters. The normalized spacial score (nSPS) is 3.00. The summed E-state index contributed by atoms with van der Waals surface area (Å²) in [5.74, 6) is 0. The standard InChI is InChI=1S/C2H5N.La/c1-2-3;/h2H,1,3H2;. The van der Waals surface area contributed by atoms with Crippen LogP contribution in [0.25, 0.3) is 0 Å². The maximum atomic E-state index is 4.61. The molecule has 0 heterocycles. The third-order valence-corrected chi connectivity index (χ3v) is 0. The van der Waals surface area contributed by atoms with Crippen molar-refractivity contribution in [3.63, 3.8) is 0 Å². The summed E-state index contributed by atoms with van der Waals surface area (Å²) < 4.78 is 0. The summed E-state index contributed by atoms with van der Waals surface area (Å²) >= 11 is 0. The number of nitrogens with two attached hydrogens (primary N) is 1. The topological polar surface area (TPSA) is 26.0 Å². The Morgan fingerprint density at radius 1 is 1.75 bits per heavy atom. The predicted octanol–water partition coefficient (Wildman–Crippen LogP) is 0.0886. The molecule has 0 bridgehead atoms. The molecule has 0 spiro atoms. The van der Waals surface area contributed by atoms with E-state index in [-0.39, 0.29) is 35.6 Å². The van der Waals surface area contributed by atoms with Gasteiger partial charge in [-0.3, -0.25) is 0 Å². The van der Waals surface area contributed by atoms with Gasteiger partial charge in [-0.25, -0.2) is 0 Å². The van der Waals surface area contributed by atoms with Crippen molar-refractivity contribution in [3.05, 3.63) is 12.8 Å². The van der Waals surface area contributed by atoms with Crippen LogP contribution in [0.4, 0.5) is 0 Å². The summed E-state index contributed by atoms with van der Waals surface area (Å²) in [5.41, 5.74) is 4.61. The van der Waals surface area contributed by atoms with Crippen molar-refractivity contribution in [2.75, 3.05) is 0 Å². The number of hydrogen-bond acceptors (Lipinski definition) is 1. The first-order chi connectivity index (χ1) is 1.41. The molecular weight excluding hydrogens is 177 g/mol. The molecule has 0 aliphatic carbocycles. The van der Waals surface area contributed by atoms with Crippen molar-refractivity contribution in [2.24, 2.45) is 5.73 Å². The van der Waals surface area contributed by atoms with Crippen LogP contribution in [0.15, 0.2) is 12.8 Å². The molecule has 0 saturated carbocycles. The second kappa shape index (κ2) is 9.28. The Hall–Kier alpha value is 0.735. The van der Waals surface area contributed by atoms with Crippen molar-refractivity contribution in [3.8, 4) is 0 Å². The van der Waals surface area contributed by atoms with Crippen molar-refractivity contribution >= 4 is 0 Å². The molecule has 0 fully saturated rings. The van der Waals surface area contributed by atoms with E-state index in [1.165, 1.54) is 6.20 Å². The van der Waals surface area contributed by atoms with Gasteiger partial charge >= 0.3 is 0 Å². The smallest absolute Gasteiger partial charge is 0 e. The Balaban J connectivity index is 0. The summed E-state index contributed by atoms with van der Waals surface area (Å²) in [6, 6.07) is 0. The van der Waals surface area contributed by atoms with E-state index in [0.717, 1.165) is 0 Å². The van der Waals surface area contributed by atoms with E-state index >= 15 is 0 Å².